The van der Waals surface area contributed by atoms with Crippen molar-refractivity contribution in [2.24, 2.45) is 10.5 Å². The van der Waals surface area contributed by atoms with E-state index in [1.54, 1.807) is 25.1 Å². The molecule has 0 saturated heterocycles. The molecular weight excluding hydrogens is 433 g/mol. The van der Waals surface area contributed by atoms with Crippen LogP contribution in [0.5, 0.6) is 0 Å². The number of benzene rings is 2. The molecule has 0 radical (unpaired) electrons. The first kappa shape index (κ1) is 23.2. The molecule has 0 unspecified atom stereocenters. The number of anilines is 1. The normalized spacial score (nSPS) is 12.6. The van der Waals surface area contributed by atoms with Gasteiger partial charge in [-0.15, -0.1) is 0 Å². The first-order valence-electron chi connectivity index (χ1n) is 8.79. The highest BCUT2D eigenvalue weighted by atomic mass is 35.5. The maximum atomic E-state index is 13.2. The van der Waals surface area contributed by atoms with E-state index >= 15 is 0 Å². The average molecular weight is 456 g/mol. The summed E-state index contributed by atoms with van der Waals surface area (Å²) in [6.45, 7) is 7.15. The summed E-state index contributed by atoms with van der Waals surface area (Å²) in [7, 11) is -4.06. The van der Waals surface area contributed by atoms with Crippen molar-refractivity contribution in [3.8, 4) is 0 Å². The minimum absolute atomic E-state index is 0.0354. The van der Waals surface area contributed by atoms with Crippen molar-refractivity contribution in [3.63, 3.8) is 0 Å². The highest BCUT2D eigenvalue weighted by Crippen LogP contribution is 2.32. The summed E-state index contributed by atoms with van der Waals surface area (Å²) in [5.74, 6) is -0.598. The van der Waals surface area contributed by atoms with Gasteiger partial charge in [0.2, 0.25) is 0 Å². The Bertz CT molecular complexity index is 1020. The van der Waals surface area contributed by atoms with E-state index in [2.05, 4.69) is 10.5 Å². The molecule has 156 valence electrons. The van der Waals surface area contributed by atoms with Crippen LogP contribution in [0.15, 0.2) is 58.5 Å². The molecule has 0 heterocycles. The summed E-state index contributed by atoms with van der Waals surface area (Å²) < 4.78 is 27.4. The van der Waals surface area contributed by atoms with Crippen molar-refractivity contribution in [1.29, 1.82) is 0 Å². The molecule has 0 aliphatic rings. The standard InChI is InChI=1S/C20H23Cl2N3O3S/c1-14(20(2,3)4)23-24-19(26)13-25(18-11-10-15(21)12-17(18)22)29(27,28)16-8-6-5-7-9-16/h5-12H,13H2,1-4H3,(H,24,26)/b23-14-. The lowest BCUT2D eigenvalue weighted by molar-refractivity contribution is -0.119. The van der Waals surface area contributed by atoms with E-state index in [4.69, 9.17) is 23.2 Å². The van der Waals surface area contributed by atoms with Crippen molar-refractivity contribution in [1.82, 2.24) is 5.43 Å². The summed E-state index contributed by atoms with van der Waals surface area (Å²) in [4.78, 5) is 12.6. The van der Waals surface area contributed by atoms with Crippen LogP contribution in [0.2, 0.25) is 10.0 Å². The maximum absolute atomic E-state index is 13.2. The van der Waals surface area contributed by atoms with Gasteiger partial charge in [-0.2, -0.15) is 5.10 Å². The topological polar surface area (TPSA) is 78.8 Å². The number of halogens is 2. The van der Waals surface area contributed by atoms with Gasteiger partial charge in [-0.1, -0.05) is 62.2 Å². The van der Waals surface area contributed by atoms with Crippen LogP contribution in [0.25, 0.3) is 0 Å². The summed E-state index contributed by atoms with van der Waals surface area (Å²) in [5, 5.41) is 4.54. The molecule has 0 aliphatic heterocycles. The van der Waals surface area contributed by atoms with Gasteiger partial charge < -0.3 is 0 Å². The second-order valence-electron chi connectivity index (χ2n) is 7.40. The molecule has 6 nitrogen and oxygen atoms in total. The third-order valence-electron chi connectivity index (χ3n) is 4.23. The summed E-state index contributed by atoms with van der Waals surface area (Å²) in [6, 6.07) is 12.2. The average Bonchev–Trinajstić information content (AvgIpc) is 2.64. The van der Waals surface area contributed by atoms with Crippen LogP contribution in [-0.2, 0) is 14.8 Å². The number of hydrogen-bond donors (Lipinski definition) is 1. The predicted molar refractivity (Wildman–Crippen MR) is 118 cm³/mol. The fraction of sp³-hybridized carbons (Fsp3) is 0.300. The smallest absolute Gasteiger partial charge is 0.264 e. The quantitative estimate of drug-likeness (QED) is 0.504. The van der Waals surface area contributed by atoms with Crippen molar-refractivity contribution >= 4 is 50.5 Å². The summed E-state index contributed by atoms with van der Waals surface area (Å²) in [5.41, 5.74) is 3.03. The molecule has 2 aromatic carbocycles. The lowest BCUT2D eigenvalue weighted by Gasteiger charge is -2.25. The number of rotatable bonds is 6. The van der Waals surface area contributed by atoms with E-state index in [0.717, 1.165) is 4.31 Å². The van der Waals surface area contributed by atoms with E-state index in [9.17, 15) is 13.2 Å². The first-order chi connectivity index (χ1) is 13.4. The van der Waals surface area contributed by atoms with Crippen LogP contribution in [0.4, 0.5) is 5.69 Å². The zero-order chi connectivity index (χ0) is 21.8. The lowest BCUT2D eigenvalue weighted by atomic mass is 9.91. The minimum atomic E-state index is -4.06. The first-order valence-corrected chi connectivity index (χ1v) is 11.0. The Balaban J connectivity index is 2.42. The number of sulfonamides is 1. The Kier molecular flexibility index (Phi) is 7.32. The van der Waals surface area contributed by atoms with Crippen LogP contribution in [0.3, 0.4) is 0 Å². The molecule has 1 amide bonds. The zero-order valence-corrected chi connectivity index (χ0v) is 18.9. The largest absolute Gasteiger partial charge is 0.271 e. The summed E-state index contributed by atoms with van der Waals surface area (Å²) in [6.07, 6.45) is 0. The fourth-order valence-electron chi connectivity index (χ4n) is 2.18. The molecule has 0 bridgehead atoms. The number of nitrogens with one attached hydrogen (secondary N) is 1. The molecular formula is C20H23Cl2N3O3S. The van der Waals surface area contributed by atoms with Gasteiger partial charge >= 0.3 is 0 Å². The van der Waals surface area contributed by atoms with Crippen LogP contribution in [-0.4, -0.2) is 26.6 Å². The zero-order valence-electron chi connectivity index (χ0n) is 16.6. The molecule has 0 aromatic heterocycles. The minimum Gasteiger partial charge on any atom is -0.271 e. The molecule has 29 heavy (non-hydrogen) atoms. The molecule has 0 atom stereocenters. The van der Waals surface area contributed by atoms with Crippen molar-refractivity contribution in [2.75, 3.05) is 10.8 Å². The maximum Gasteiger partial charge on any atom is 0.264 e. The van der Waals surface area contributed by atoms with Crippen LogP contribution in [0.1, 0.15) is 27.7 Å². The molecule has 9 heteroatoms. The number of carbonyl (C=O) groups is 1. The Labute approximate surface area is 181 Å². The van der Waals surface area contributed by atoms with Crippen LogP contribution < -0.4 is 9.73 Å². The second kappa shape index (κ2) is 9.15. The van der Waals surface area contributed by atoms with Crippen LogP contribution in [0, 0.1) is 5.41 Å². The van der Waals surface area contributed by atoms with Crippen molar-refractivity contribution in [3.05, 3.63) is 58.6 Å². The molecule has 0 spiro atoms. The van der Waals surface area contributed by atoms with Gasteiger partial charge in [0.25, 0.3) is 15.9 Å². The molecule has 2 aromatic rings. The van der Waals surface area contributed by atoms with E-state index in [-0.39, 0.29) is 21.0 Å². The lowest BCUT2D eigenvalue weighted by Crippen LogP contribution is -2.40. The summed E-state index contributed by atoms with van der Waals surface area (Å²) >= 11 is 12.2. The number of amides is 1. The Morgan fingerprint density at radius 2 is 1.72 bits per heavy atom. The number of hydrogen-bond acceptors (Lipinski definition) is 4. The van der Waals surface area contributed by atoms with Crippen molar-refractivity contribution in [2.45, 2.75) is 32.6 Å². The van der Waals surface area contributed by atoms with E-state index < -0.39 is 22.5 Å². The highest BCUT2D eigenvalue weighted by molar-refractivity contribution is 7.92. The second-order valence-corrected chi connectivity index (χ2v) is 10.1. The number of nitrogens with zero attached hydrogens (tertiary/aromatic N) is 2. The highest BCUT2D eigenvalue weighted by Gasteiger charge is 2.29. The van der Waals surface area contributed by atoms with E-state index in [1.165, 1.54) is 30.3 Å². The molecule has 1 N–H and O–H groups in total. The molecule has 0 saturated carbocycles. The van der Waals surface area contributed by atoms with Crippen LogP contribution >= 0.6 is 23.2 Å². The third-order valence-corrected chi connectivity index (χ3v) is 6.54. The van der Waals surface area contributed by atoms with Gasteiger partial charge in [0.1, 0.15) is 6.54 Å². The van der Waals surface area contributed by atoms with Gasteiger partial charge in [-0.25, -0.2) is 13.8 Å². The predicted octanol–water partition coefficient (Wildman–Crippen LogP) is 4.73. The molecule has 0 aliphatic carbocycles. The van der Waals surface area contributed by atoms with Gasteiger partial charge in [0.15, 0.2) is 0 Å². The van der Waals surface area contributed by atoms with Gasteiger partial charge in [-0.3, -0.25) is 9.10 Å². The Morgan fingerprint density at radius 3 is 2.28 bits per heavy atom. The van der Waals surface area contributed by atoms with E-state index in [1.807, 2.05) is 20.8 Å². The molecule has 2 rings (SSSR count). The monoisotopic (exact) mass is 455 g/mol. The fourth-order valence-corrected chi connectivity index (χ4v) is 4.20. The van der Waals surface area contributed by atoms with Gasteiger partial charge in [0, 0.05) is 16.1 Å². The van der Waals surface area contributed by atoms with E-state index in [0.29, 0.717) is 10.7 Å². The number of carbonyl (C=O) groups excluding carboxylic acids is 1. The third kappa shape index (κ3) is 5.95. The number of hydrazone groups is 1. The Morgan fingerprint density at radius 1 is 1.10 bits per heavy atom. The van der Waals surface area contributed by atoms with Gasteiger partial charge in [0.05, 0.1) is 15.6 Å². The Hall–Kier alpha value is -2.09. The van der Waals surface area contributed by atoms with Crippen molar-refractivity contribution < 1.29 is 13.2 Å². The van der Waals surface area contributed by atoms with Gasteiger partial charge in [-0.05, 0) is 37.3 Å². The SMILES string of the molecule is C/C(=N/NC(=O)CN(c1ccc(Cl)cc1Cl)S(=O)(=O)c1ccccc1)C(C)(C)C. The molecule has 0 fully saturated rings.